The van der Waals surface area contributed by atoms with Crippen LogP contribution in [0.2, 0.25) is 0 Å². The number of nitrogens with zero attached hydrogens (tertiary/aromatic N) is 1. The van der Waals surface area contributed by atoms with Crippen molar-refractivity contribution in [3.05, 3.63) is 33.4 Å². The summed E-state index contributed by atoms with van der Waals surface area (Å²) in [4.78, 5) is 14.3. The number of rotatable bonds is 1. The molecule has 1 aromatic carbocycles. The van der Waals surface area contributed by atoms with Gasteiger partial charge in [0.2, 0.25) is 0 Å². The van der Waals surface area contributed by atoms with Gasteiger partial charge in [0.25, 0.3) is 5.91 Å². The third kappa shape index (κ3) is 3.59. The first-order valence-corrected chi connectivity index (χ1v) is 6.95. The Hall–Kier alpha value is -0.330. The van der Waals surface area contributed by atoms with Gasteiger partial charge in [-0.1, -0.05) is 0 Å². The first kappa shape index (κ1) is 15.7. The lowest BCUT2D eigenvalue weighted by Crippen LogP contribution is -2.56. The molecule has 18 heavy (non-hydrogen) atoms. The normalized spacial score (nSPS) is 23.4. The van der Waals surface area contributed by atoms with Crippen LogP contribution in [0.4, 0.5) is 0 Å². The quantitative estimate of drug-likeness (QED) is 0.760. The number of nitrogens with one attached hydrogen (secondary N) is 1. The molecule has 0 spiro atoms. The maximum atomic E-state index is 12.4. The zero-order valence-corrected chi connectivity index (χ0v) is 13.5. The zero-order valence-electron chi connectivity index (χ0n) is 10.5. The van der Waals surface area contributed by atoms with Crippen molar-refractivity contribution >= 4 is 40.9 Å². The second-order valence-corrected chi connectivity index (χ2v) is 5.87. The average Bonchev–Trinajstić information content (AvgIpc) is 2.32. The van der Waals surface area contributed by atoms with Crippen LogP contribution in [-0.4, -0.2) is 36.0 Å². The van der Waals surface area contributed by atoms with E-state index in [0.29, 0.717) is 6.04 Å². The van der Waals surface area contributed by atoms with E-state index in [-0.39, 0.29) is 24.4 Å². The number of halogens is 2. The Morgan fingerprint density at radius 2 is 1.94 bits per heavy atom. The van der Waals surface area contributed by atoms with Crippen LogP contribution in [0.3, 0.4) is 0 Å². The van der Waals surface area contributed by atoms with E-state index in [1.54, 1.807) is 0 Å². The van der Waals surface area contributed by atoms with Crippen LogP contribution in [0.1, 0.15) is 24.2 Å². The summed E-state index contributed by atoms with van der Waals surface area (Å²) in [5, 5.41) is 3.38. The number of hydrogen-bond acceptors (Lipinski definition) is 2. The van der Waals surface area contributed by atoms with Gasteiger partial charge in [0.05, 0.1) is 0 Å². The second kappa shape index (κ2) is 6.73. The number of benzene rings is 1. The minimum absolute atomic E-state index is 0. The van der Waals surface area contributed by atoms with E-state index in [9.17, 15) is 4.79 Å². The predicted octanol–water partition coefficient (Wildman–Crippen LogP) is 2.54. The molecule has 1 amide bonds. The summed E-state index contributed by atoms with van der Waals surface area (Å²) in [6, 6.07) is 8.40. The van der Waals surface area contributed by atoms with E-state index in [4.69, 9.17) is 0 Å². The fourth-order valence-electron chi connectivity index (χ4n) is 2.06. The third-order valence-corrected chi connectivity index (χ3v) is 3.84. The lowest BCUT2D eigenvalue weighted by atomic mass is 10.1. The van der Waals surface area contributed by atoms with Crippen LogP contribution in [-0.2, 0) is 0 Å². The molecule has 1 aliphatic rings. The van der Waals surface area contributed by atoms with E-state index >= 15 is 0 Å². The molecule has 0 bridgehead atoms. The summed E-state index contributed by atoms with van der Waals surface area (Å²) in [6.07, 6.45) is 0. The van der Waals surface area contributed by atoms with Gasteiger partial charge in [-0.2, -0.15) is 0 Å². The van der Waals surface area contributed by atoms with Gasteiger partial charge in [-0.25, -0.2) is 0 Å². The summed E-state index contributed by atoms with van der Waals surface area (Å²) < 4.78 is 1.15. The Morgan fingerprint density at radius 3 is 2.56 bits per heavy atom. The molecule has 0 radical (unpaired) electrons. The van der Waals surface area contributed by atoms with Crippen molar-refractivity contribution in [1.82, 2.24) is 10.2 Å². The van der Waals surface area contributed by atoms with Crippen LogP contribution in [0, 0.1) is 3.57 Å². The molecule has 1 aromatic rings. The van der Waals surface area contributed by atoms with Crippen LogP contribution >= 0.6 is 35.0 Å². The van der Waals surface area contributed by atoms with Crippen LogP contribution < -0.4 is 5.32 Å². The fraction of sp³-hybridized carbons (Fsp3) is 0.462. The molecular formula is C13H18ClIN2O. The van der Waals surface area contributed by atoms with Crippen LogP contribution in [0.15, 0.2) is 24.3 Å². The number of carbonyl (C=O) groups is 1. The van der Waals surface area contributed by atoms with Gasteiger partial charge in [0.1, 0.15) is 0 Å². The van der Waals surface area contributed by atoms with Gasteiger partial charge >= 0.3 is 0 Å². The molecule has 1 fully saturated rings. The average molecular weight is 381 g/mol. The van der Waals surface area contributed by atoms with Crippen molar-refractivity contribution in [2.24, 2.45) is 0 Å². The predicted molar refractivity (Wildman–Crippen MR) is 84.4 cm³/mol. The maximum absolute atomic E-state index is 12.4. The molecule has 3 nitrogen and oxygen atoms in total. The number of amides is 1. The smallest absolute Gasteiger partial charge is 0.254 e. The van der Waals surface area contributed by atoms with Crippen LogP contribution in [0.25, 0.3) is 0 Å². The summed E-state index contributed by atoms with van der Waals surface area (Å²) in [5.74, 6) is 0.141. The zero-order chi connectivity index (χ0) is 12.4. The summed E-state index contributed by atoms with van der Waals surface area (Å²) >= 11 is 2.25. The van der Waals surface area contributed by atoms with Gasteiger partial charge < -0.3 is 10.2 Å². The monoisotopic (exact) mass is 380 g/mol. The van der Waals surface area contributed by atoms with Crippen molar-refractivity contribution < 1.29 is 4.79 Å². The first-order valence-electron chi connectivity index (χ1n) is 5.88. The molecule has 0 saturated carbocycles. The molecule has 0 aromatic heterocycles. The van der Waals surface area contributed by atoms with Crippen molar-refractivity contribution in [1.29, 1.82) is 0 Å². The van der Waals surface area contributed by atoms with Crippen molar-refractivity contribution in [2.75, 3.05) is 13.1 Å². The second-order valence-electron chi connectivity index (χ2n) is 4.62. The Labute approximate surface area is 128 Å². The number of carbonyl (C=O) groups excluding carboxylic acids is 1. The molecule has 1 N–H and O–H groups in total. The first-order chi connectivity index (χ1) is 8.08. The van der Waals surface area contributed by atoms with E-state index in [1.165, 1.54) is 0 Å². The van der Waals surface area contributed by atoms with Gasteiger partial charge in [0.15, 0.2) is 0 Å². The van der Waals surface area contributed by atoms with Crippen molar-refractivity contribution in [2.45, 2.75) is 25.9 Å². The molecular weight excluding hydrogens is 363 g/mol. The highest BCUT2D eigenvalue weighted by atomic mass is 127. The van der Waals surface area contributed by atoms with E-state index in [2.05, 4.69) is 41.8 Å². The van der Waals surface area contributed by atoms with Crippen molar-refractivity contribution in [3.8, 4) is 0 Å². The number of piperazine rings is 1. The highest BCUT2D eigenvalue weighted by Crippen LogP contribution is 2.14. The largest absolute Gasteiger partial charge is 0.333 e. The lowest BCUT2D eigenvalue weighted by Gasteiger charge is -2.37. The highest BCUT2D eigenvalue weighted by molar-refractivity contribution is 14.1. The molecule has 2 unspecified atom stereocenters. The summed E-state index contributed by atoms with van der Waals surface area (Å²) in [7, 11) is 0. The fourth-order valence-corrected chi connectivity index (χ4v) is 2.42. The van der Waals surface area contributed by atoms with Gasteiger partial charge in [-0.3, -0.25) is 4.79 Å². The Bertz CT molecular complexity index is 410. The molecule has 5 heteroatoms. The summed E-state index contributed by atoms with van der Waals surface area (Å²) in [6.45, 7) is 5.85. The molecule has 1 aliphatic heterocycles. The van der Waals surface area contributed by atoms with Crippen LogP contribution in [0.5, 0.6) is 0 Å². The molecule has 2 atom stereocenters. The topological polar surface area (TPSA) is 32.3 Å². The SMILES string of the molecule is CC1CN(C(=O)c2ccc(I)cc2)C(C)CN1.Cl. The van der Waals surface area contributed by atoms with Gasteiger partial charge in [-0.15, -0.1) is 12.4 Å². The maximum Gasteiger partial charge on any atom is 0.254 e. The Kier molecular flexibility index (Phi) is 5.88. The number of hydrogen-bond donors (Lipinski definition) is 1. The lowest BCUT2D eigenvalue weighted by molar-refractivity contribution is 0.0616. The van der Waals surface area contributed by atoms with E-state index in [1.807, 2.05) is 29.2 Å². The summed E-state index contributed by atoms with van der Waals surface area (Å²) in [5.41, 5.74) is 0.784. The molecule has 2 rings (SSSR count). The molecule has 1 saturated heterocycles. The Morgan fingerprint density at radius 1 is 1.33 bits per heavy atom. The van der Waals surface area contributed by atoms with E-state index < -0.39 is 0 Å². The standard InChI is InChI=1S/C13H17IN2O.ClH/c1-9-8-16(10(2)7-15-9)13(17)11-3-5-12(14)6-4-11;/h3-6,9-10,15H,7-8H2,1-2H3;1H. The molecule has 100 valence electrons. The molecule has 0 aliphatic carbocycles. The minimum Gasteiger partial charge on any atom is -0.333 e. The minimum atomic E-state index is 0. The van der Waals surface area contributed by atoms with Gasteiger partial charge in [0, 0.05) is 34.3 Å². The Balaban J connectivity index is 0.00000162. The highest BCUT2D eigenvalue weighted by Gasteiger charge is 2.27. The third-order valence-electron chi connectivity index (χ3n) is 3.12. The molecule has 1 heterocycles. The van der Waals surface area contributed by atoms with Crippen molar-refractivity contribution in [3.63, 3.8) is 0 Å². The van der Waals surface area contributed by atoms with Gasteiger partial charge in [-0.05, 0) is 60.7 Å². The van der Waals surface area contributed by atoms with E-state index in [0.717, 1.165) is 22.2 Å².